The van der Waals surface area contributed by atoms with Gasteiger partial charge < -0.3 is 21.3 Å². The van der Waals surface area contributed by atoms with E-state index in [-0.39, 0.29) is 11.9 Å². The Balaban J connectivity index is 1.44. The second-order valence-electron chi connectivity index (χ2n) is 7.45. The fraction of sp³-hybridized carbons (Fsp3) is 0.348. The van der Waals surface area contributed by atoms with Crippen molar-refractivity contribution >= 4 is 17.6 Å². The molecule has 1 aliphatic rings. The molecule has 30 heavy (non-hydrogen) atoms. The van der Waals surface area contributed by atoms with Gasteiger partial charge in [-0.2, -0.15) is 5.26 Å². The number of piperidine rings is 1. The molecule has 0 saturated carbocycles. The van der Waals surface area contributed by atoms with Gasteiger partial charge in [0.25, 0.3) is 5.91 Å². The molecule has 1 atom stereocenters. The van der Waals surface area contributed by atoms with Crippen LogP contribution in [0, 0.1) is 17.2 Å². The quantitative estimate of drug-likeness (QED) is 0.568. The number of nitrogens with one attached hydrogen (secondary N) is 4. The number of hydrogen-bond donors (Lipinski definition) is 4. The first kappa shape index (κ1) is 21.3. The monoisotopic (exact) mass is 405 g/mol. The normalized spacial score (nSPS) is 15.6. The molecule has 0 bridgehead atoms. The van der Waals surface area contributed by atoms with E-state index in [1.807, 2.05) is 18.2 Å². The molecule has 3 amide bonds. The molecule has 1 unspecified atom stereocenters. The third kappa shape index (κ3) is 6.61. The van der Waals surface area contributed by atoms with Crippen LogP contribution in [0.15, 0.2) is 48.5 Å². The number of carbonyl (C=O) groups is 2. The predicted octanol–water partition coefficient (Wildman–Crippen LogP) is 3.00. The summed E-state index contributed by atoms with van der Waals surface area (Å²) in [5.41, 5.74) is 2.57. The number of hydrogen-bond acceptors (Lipinski definition) is 4. The van der Waals surface area contributed by atoms with Crippen LogP contribution in [0.2, 0.25) is 0 Å². The number of anilines is 1. The average Bonchev–Trinajstić information content (AvgIpc) is 2.79. The smallest absolute Gasteiger partial charge is 0.319 e. The van der Waals surface area contributed by atoms with Gasteiger partial charge in [-0.1, -0.05) is 12.1 Å². The second kappa shape index (κ2) is 11.0. The first-order valence-corrected chi connectivity index (χ1v) is 10.3. The van der Waals surface area contributed by atoms with Crippen LogP contribution in [0.1, 0.15) is 40.7 Å². The van der Waals surface area contributed by atoms with Crippen LogP contribution in [0.5, 0.6) is 0 Å². The molecule has 1 saturated heterocycles. The summed E-state index contributed by atoms with van der Waals surface area (Å²) in [6.45, 7) is 3.09. The van der Waals surface area contributed by atoms with E-state index in [1.54, 1.807) is 36.4 Å². The third-order valence-corrected chi connectivity index (χ3v) is 5.15. The lowest BCUT2D eigenvalue weighted by Crippen LogP contribution is -2.33. The number of nitriles is 1. The third-order valence-electron chi connectivity index (χ3n) is 5.15. The first-order valence-electron chi connectivity index (χ1n) is 10.3. The zero-order valence-corrected chi connectivity index (χ0v) is 16.9. The highest BCUT2D eigenvalue weighted by Crippen LogP contribution is 2.13. The summed E-state index contributed by atoms with van der Waals surface area (Å²) in [5.74, 6) is 0.534. The highest BCUT2D eigenvalue weighted by Gasteiger charge is 2.13. The molecule has 2 aromatic rings. The summed E-state index contributed by atoms with van der Waals surface area (Å²) in [6.07, 6.45) is 3.40. The van der Waals surface area contributed by atoms with E-state index in [0.29, 0.717) is 35.8 Å². The van der Waals surface area contributed by atoms with Crippen LogP contribution < -0.4 is 21.3 Å². The molecule has 4 N–H and O–H groups in total. The minimum atomic E-state index is -0.351. The van der Waals surface area contributed by atoms with Crippen LogP contribution >= 0.6 is 0 Å². The van der Waals surface area contributed by atoms with Crippen molar-refractivity contribution in [2.45, 2.75) is 25.8 Å². The largest absolute Gasteiger partial charge is 0.352 e. The van der Waals surface area contributed by atoms with Crippen molar-refractivity contribution < 1.29 is 9.59 Å². The topological polar surface area (TPSA) is 106 Å². The number of amides is 3. The SMILES string of the molecule is N#Cc1ccc(NC(=O)NCc2cccc(C(=O)NCCC3CCCNC3)c2)cc1. The van der Waals surface area contributed by atoms with Gasteiger partial charge in [0.15, 0.2) is 0 Å². The molecule has 7 nitrogen and oxygen atoms in total. The first-order chi connectivity index (χ1) is 14.6. The van der Waals surface area contributed by atoms with Crippen molar-refractivity contribution in [3.63, 3.8) is 0 Å². The Hall–Kier alpha value is -3.37. The Labute approximate surface area is 176 Å². The number of urea groups is 1. The molecule has 0 radical (unpaired) electrons. The van der Waals surface area contributed by atoms with Crippen LogP contribution in [-0.4, -0.2) is 31.6 Å². The zero-order chi connectivity index (χ0) is 21.2. The molecule has 0 aliphatic carbocycles. The van der Waals surface area contributed by atoms with Crippen LogP contribution in [0.4, 0.5) is 10.5 Å². The molecular formula is C23H27N5O2. The summed E-state index contributed by atoms with van der Waals surface area (Å²) in [6, 6.07) is 15.6. The van der Waals surface area contributed by atoms with Gasteiger partial charge in [-0.3, -0.25) is 4.79 Å². The van der Waals surface area contributed by atoms with Crippen molar-refractivity contribution in [1.29, 1.82) is 5.26 Å². The summed E-state index contributed by atoms with van der Waals surface area (Å²) >= 11 is 0. The van der Waals surface area contributed by atoms with Gasteiger partial charge >= 0.3 is 6.03 Å². The Morgan fingerprint density at radius 2 is 1.97 bits per heavy atom. The summed E-state index contributed by atoms with van der Waals surface area (Å²) < 4.78 is 0. The van der Waals surface area contributed by atoms with Gasteiger partial charge in [0.05, 0.1) is 11.6 Å². The molecule has 2 aromatic carbocycles. The zero-order valence-electron chi connectivity index (χ0n) is 16.9. The van der Waals surface area contributed by atoms with E-state index in [9.17, 15) is 9.59 Å². The fourth-order valence-corrected chi connectivity index (χ4v) is 3.47. The molecule has 3 rings (SSSR count). The molecule has 0 spiro atoms. The van der Waals surface area contributed by atoms with Gasteiger partial charge in [0, 0.05) is 24.3 Å². The summed E-state index contributed by atoms with van der Waals surface area (Å²) in [7, 11) is 0. The van der Waals surface area contributed by atoms with E-state index < -0.39 is 0 Å². The van der Waals surface area contributed by atoms with E-state index in [2.05, 4.69) is 21.3 Å². The van der Waals surface area contributed by atoms with Crippen molar-refractivity contribution in [1.82, 2.24) is 16.0 Å². The Kier molecular flexibility index (Phi) is 7.81. The number of rotatable bonds is 7. The van der Waals surface area contributed by atoms with E-state index in [1.165, 1.54) is 12.8 Å². The molecule has 156 valence electrons. The average molecular weight is 406 g/mol. The lowest BCUT2D eigenvalue weighted by atomic mass is 9.96. The minimum Gasteiger partial charge on any atom is -0.352 e. The van der Waals surface area contributed by atoms with Crippen LogP contribution in [0.25, 0.3) is 0 Å². The van der Waals surface area contributed by atoms with Crippen LogP contribution in [-0.2, 0) is 6.54 Å². The van der Waals surface area contributed by atoms with Gasteiger partial charge in [0.2, 0.25) is 0 Å². The lowest BCUT2D eigenvalue weighted by Gasteiger charge is -2.22. The maximum Gasteiger partial charge on any atom is 0.319 e. The van der Waals surface area contributed by atoms with Crippen molar-refractivity contribution in [3.05, 3.63) is 65.2 Å². The lowest BCUT2D eigenvalue weighted by molar-refractivity contribution is 0.0950. The highest BCUT2D eigenvalue weighted by molar-refractivity contribution is 5.94. The predicted molar refractivity (Wildman–Crippen MR) is 116 cm³/mol. The standard InChI is InChI=1S/C23H27N5O2/c24-14-17-6-8-21(9-7-17)28-23(30)27-16-19-3-1-5-20(13-19)22(29)26-12-10-18-4-2-11-25-15-18/h1,3,5-9,13,18,25H,2,4,10-12,15-16H2,(H,26,29)(H2,27,28,30). The number of carbonyl (C=O) groups excluding carboxylic acids is 2. The van der Waals surface area contributed by atoms with Gasteiger partial charge in [-0.25, -0.2) is 4.79 Å². The van der Waals surface area contributed by atoms with Crippen molar-refractivity contribution in [2.75, 3.05) is 25.0 Å². The maximum absolute atomic E-state index is 12.4. The Morgan fingerprint density at radius 1 is 1.13 bits per heavy atom. The summed E-state index contributed by atoms with van der Waals surface area (Å²) in [5, 5.41) is 20.7. The molecular weight excluding hydrogens is 378 g/mol. The van der Waals surface area contributed by atoms with Crippen molar-refractivity contribution in [2.24, 2.45) is 5.92 Å². The van der Waals surface area contributed by atoms with Gasteiger partial charge in [-0.15, -0.1) is 0 Å². The second-order valence-corrected chi connectivity index (χ2v) is 7.45. The van der Waals surface area contributed by atoms with E-state index >= 15 is 0 Å². The number of benzene rings is 2. The van der Waals surface area contributed by atoms with Crippen molar-refractivity contribution in [3.8, 4) is 6.07 Å². The maximum atomic E-state index is 12.4. The molecule has 0 aromatic heterocycles. The molecule has 1 fully saturated rings. The van der Waals surface area contributed by atoms with Gasteiger partial charge in [-0.05, 0) is 80.2 Å². The molecule has 1 aliphatic heterocycles. The van der Waals surface area contributed by atoms with E-state index in [0.717, 1.165) is 25.1 Å². The minimum absolute atomic E-state index is 0.0948. The Morgan fingerprint density at radius 3 is 2.70 bits per heavy atom. The van der Waals surface area contributed by atoms with Gasteiger partial charge in [0.1, 0.15) is 0 Å². The highest BCUT2D eigenvalue weighted by atomic mass is 16.2. The summed E-state index contributed by atoms with van der Waals surface area (Å²) in [4.78, 5) is 24.5. The van der Waals surface area contributed by atoms with E-state index in [4.69, 9.17) is 5.26 Å². The molecule has 7 heteroatoms. The Bertz CT molecular complexity index is 899. The fourth-order valence-electron chi connectivity index (χ4n) is 3.47. The van der Waals surface area contributed by atoms with Crippen LogP contribution in [0.3, 0.4) is 0 Å². The number of nitrogens with zero attached hydrogens (tertiary/aromatic N) is 1. The molecule has 1 heterocycles.